The zero-order chi connectivity index (χ0) is 14.7. The smallest absolute Gasteiger partial charge is 0.123 e. The summed E-state index contributed by atoms with van der Waals surface area (Å²) in [6, 6.07) is 10.1. The number of aryl methyl sites for hydroxylation is 1. The predicted molar refractivity (Wildman–Crippen MR) is 83.1 cm³/mol. The molecular formula is C16H16Cl2FN. The van der Waals surface area contributed by atoms with E-state index in [1.165, 1.54) is 6.07 Å². The van der Waals surface area contributed by atoms with Gasteiger partial charge in [0.05, 0.1) is 16.1 Å². The Morgan fingerprint density at radius 1 is 1.15 bits per heavy atom. The third-order valence-electron chi connectivity index (χ3n) is 3.25. The topological polar surface area (TPSA) is 12.0 Å². The predicted octanol–water partition coefficient (Wildman–Crippen LogP) is 5.14. The highest BCUT2D eigenvalue weighted by molar-refractivity contribution is 6.42. The summed E-state index contributed by atoms with van der Waals surface area (Å²) in [4.78, 5) is 0. The monoisotopic (exact) mass is 311 g/mol. The second kappa shape index (κ2) is 6.57. The minimum absolute atomic E-state index is 0.179. The Hall–Kier alpha value is -1.09. The molecule has 0 aliphatic heterocycles. The van der Waals surface area contributed by atoms with Crippen molar-refractivity contribution in [2.45, 2.75) is 19.9 Å². The van der Waals surface area contributed by atoms with E-state index in [4.69, 9.17) is 23.2 Å². The Labute approximate surface area is 128 Å². The van der Waals surface area contributed by atoms with Gasteiger partial charge in [-0.15, -0.1) is 0 Å². The Kier molecular flexibility index (Phi) is 5.03. The van der Waals surface area contributed by atoms with Gasteiger partial charge in [-0.25, -0.2) is 4.39 Å². The van der Waals surface area contributed by atoms with Gasteiger partial charge in [0.1, 0.15) is 5.82 Å². The molecular weight excluding hydrogens is 296 g/mol. The molecule has 0 heterocycles. The zero-order valence-corrected chi connectivity index (χ0v) is 12.9. The van der Waals surface area contributed by atoms with Crippen LogP contribution in [0.2, 0.25) is 10.0 Å². The van der Waals surface area contributed by atoms with Crippen LogP contribution in [0.5, 0.6) is 0 Å². The van der Waals surface area contributed by atoms with Crippen LogP contribution in [0.15, 0.2) is 36.4 Å². The van der Waals surface area contributed by atoms with E-state index in [0.717, 1.165) is 23.2 Å². The number of halogens is 3. The molecule has 20 heavy (non-hydrogen) atoms. The molecule has 1 atom stereocenters. The third kappa shape index (κ3) is 3.14. The summed E-state index contributed by atoms with van der Waals surface area (Å²) >= 11 is 12.4. The van der Waals surface area contributed by atoms with Crippen LogP contribution in [0.1, 0.15) is 29.7 Å². The molecule has 0 aliphatic carbocycles. The van der Waals surface area contributed by atoms with E-state index in [1.807, 2.05) is 26.0 Å². The molecule has 106 valence electrons. The molecule has 0 aliphatic rings. The SMILES string of the molecule is CCNC(c1cc(F)ccc1C)c1cccc(Cl)c1Cl. The van der Waals surface area contributed by atoms with E-state index in [1.54, 1.807) is 18.2 Å². The van der Waals surface area contributed by atoms with Gasteiger partial charge in [0.25, 0.3) is 0 Å². The number of rotatable bonds is 4. The molecule has 1 unspecified atom stereocenters. The van der Waals surface area contributed by atoms with Crippen molar-refractivity contribution in [2.75, 3.05) is 6.54 Å². The van der Waals surface area contributed by atoms with Gasteiger partial charge in [0.15, 0.2) is 0 Å². The number of benzene rings is 2. The number of nitrogens with one attached hydrogen (secondary N) is 1. The Morgan fingerprint density at radius 2 is 1.90 bits per heavy atom. The van der Waals surface area contributed by atoms with E-state index in [2.05, 4.69) is 5.32 Å². The van der Waals surface area contributed by atoms with Crippen LogP contribution in [0, 0.1) is 12.7 Å². The van der Waals surface area contributed by atoms with Crippen LogP contribution in [0.4, 0.5) is 4.39 Å². The first-order chi connectivity index (χ1) is 9.54. The van der Waals surface area contributed by atoms with Crippen LogP contribution in [-0.2, 0) is 0 Å². The first kappa shape index (κ1) is 15.3. The molecule has 2 rings (SSSR count). The number of hydrogen-bond donors (Lipinski definition) is 1. The summed E-state index contributed by atoms with van der Waals surface area (Å²) in [5.41, 5.74) is 2.74. The highest BCUT2D eigenvalue weighted by Gasteiger charge is 2.19. The largest absolute Gasteiger partial charge is 0.306 e. The fourth-order valence-corrected chi connectivity index (χ4v) is 2.67. The quantitative estimate of drug-likeness (QED) is 0.824. The first-order valence-electron chi connectivity index (χ1n) is 6.48. The van der Waals surface area contributed by atoms with E-state index in [0.29, 0.717) is 10.0 Å². The van der Waals surface area contributed by atoms with Crippen LogP contribution in [0.3, 0.4) is 0 Å². The van der Waals surface area contributed by atoms with Crippen molar-refractivity contribution in [1.29, 1.82) is 0 Å². The van der Waals surface area contributed by atoms with E-state index >= 15 is 0 Å². The van der Waals surface area contributed by atoms with E-state index in [-0.39, 0.29) is 11.9 Å². The summed E-state index contributed by atoms with van der Waals surface area (Å²) in [5, 5.41) is 4.35. The van der Waals surface area contributed by atoms with Gasteiger partial charge in [-0.2, -0.15) is 0 Å². The molecule has 0 aromatic heterocycles. The van der Waals surface area contributed by atoms with Crippen molar-refractivity contribution >= 4 is 23.2 Å². The van der Waals surface area contributed by atoms with Gasteiger partial charge in [-0.1, -0.05) is 48.3 Å². The lowest BCUT2D eigenvalue weighted by Crippen LogP contribution is -2.23. The molecule has 0 fully saturated rings. The summed E-state index contributed by atoms with van der Waals surface area (Å²) in [5.74, 6) is -0.258. The minimum Gasteiger partial charge on any atom is -0.306 e. The molecule has 0 saturated heterocycles. The molecule has 0 saturated carbocycles. The Morgan fingerprint density at radius 3 is 2.60 bits per heavy atom. The fraction of sp³-hybridized carbons (Fsp3) is 0.250. The van der Waals surface area contributed by atoms with Crippen LogP contribution >= 0.6 is 23.2 Å². The molecule has 0 bridgehead atoms. The van der Waals surface area contributed by atoms with Crippen molar-refractivity contribution in [3.8, 4) is 0 Å². The van der Waals surface area contributed by atoms with Gasteiger partial charge in [-0.05, 0) is 48.4 Å². The van der Waals surface area contributed by atoms with Gasteiger partial charge in [0, 0.05) is 0 Å². The lowest BCUT2D eigenvalue weighted by Gasteiger charge is -2.22. The minimum atomic E-state index is -0.258. The van der Waals surface area contributed by atoms with Crippen molar-refractivity contribution in [3.63, 3.8) is 0 Å². The summed E-state index contributed by atoms with van der Waals surface area (Å²) in [6.07, 6.45) is 0. The fourth-order valence-electron chi connectivity index (χ4n) is 2.26. The summed E-state index contributed by atoms with van der Waals surface area (Å²) in [7, 11) is 0. The number of hydrogen-bond acceptors (Lipinski definition) is 1. The van der Waals surface area contributed by atoms with Gasteiger partial charge >= 0.3 is 0 Å². The maximum absolute atomic E-state index is 13.6. The molecule has 0 spiro atoms. The third-order valence-corrected chi connectivity index (χ3v) is 4.09. The van der Waals surface area contributed by atoms with Crippen LogP contribution in [-0.4, -0.2) is 6.54 Å². The zero-order valence-electron chi connectivity index (χ0n) is 11.4. The molecule has 2 aromatic rings. The standard InChI is InChI=1S/C16H16Cl2FN/c1-3-20-16(12-5-4-6-14(17)15(12)18)13-9-11(19)8-7-10(13)2/h4-9,16,20H,3H2,1-2H3. The van der Waals surface area contributed by atoms with Crippen molar-refractivity contribution in [1.82, 2.24) is 5.32 Å². The lowest BCUT2D eigenvalue weighted by atomic mass is 9.94. The normalized spacial score (nSPS) is 12.4. The van der Waals surface area contributed by atoms with E-state index in [9.17, 15) is 4.39 Å². The second-order valence-electron chi connectivity index (χ2n) is 4.63. The molecule has 0 radical (unpaired) electrons. The first-order valence-corrected chi connectivity index (χ1v) is 7.23. The van der Waals surface area contributed by atoms with Crippen molar-refractivity contribution < 1.29 is 4.39 Å². The van der Waals surface area contributed by atoms with Crippen LogP contribution < -0.4 is 5.32 Å². The molecule has 1 nitrogen and oxygen atoms in total. The highest BCUT2D eigenvalue weighted by Crippen LogP contribution is 2.34. The maximum atomic E-state index is 13.6. The maximum Gasteiger partial charge on any atom is 0.123 e. The summed E-state index contributed by atoms with van der Waals surface area (Å²) in [6.45, 7) is 4.70. The summed E-state index contributed by atoms with van der Waals surface area (Å²) < 4.78 is 13.6. The van der Waals surface area contributed by atoms with Crippen molar-refractivity contribution in [2.24, 2.45) is 0 Å². The molecule has 0 amide bonds. The second-order valence-corrected chi connectivity index (χ2v) is 5.42. The van der Waals surface area contributed by atoms with Crippen LogP contribution in [0.25, 0.3) is 0 Å². The van der Waals surface area contributed by atoms with E-state index < -0.39 is 0 Å². The molecule has 4 heteroatoms. The average Bonchev–Trinajstić information content (AvgIpc) is 2.43. The Bertz CT molecular complexity index is 611. The highest BCUT2D eigenvalue weighted by atomic mass is 35.5. The Balaban J connectivity index is 2.56. The lowest BCUT2D eigenvalue weighted by molar-refractivity contribution is 0.600. The molecule has 2 aromatic carbocycles. The molecule has 1 N–H and O–H groups in total. The van der Waals surface area contributed by atoms with Gasteiger partial charge in [-0.3, -0.25) is 0 Å². The van der Waals surface area contributed by atoms with Gasteiger partial charge in [0.2, 0.25) is 0 Å². The average molecular weight is 312 g/mol. The van der Waals surface area contributed by atoms with Crippen molar-refractivity contribution in [3.05, 3.63) is 69.0 Å². The van der Waals surface area contributed by atoms with Gasteiger partial charge < -0.3 is 5.32 Å².